The van der Waals surface area contributed by atoms with E-state index in [2.05, 4.69) is 58.7 Å². The van der Waals surface area contributed by atoms with Gasteiger partial charge in [0.1, 0.15) is 23.5 Å². The lowest BCUT2D eigenvalue weighted by Crippen LogP contribution is -2.50. The number of carbonyl (C=O) groups is 5. The molecule has 4 aliphatic rings. The lowest BCUT2D eigenvalue weighted by molar-refractivity contribution is -0.141. The molecule has 0 spiro atoms. The van der Waals surface area contributed by atoms with Gasteiger partial charge in [-0.15, -0.1) is 34.0 Å². The molecule has 0 radical (unpaired) electrons. The first-order valence-electron chi connectivity index (χ1n) is 40.4. The van der Waals surface area contributed by atoms with E-state index in [4.69, 9.17) is 27.9 Å². The van der Waals surface area contributed by atoms with Crippen molar-refractivity contribution in [3.8, 4) is 0 Å². The van der Waals surface area contributed by atoms with E-state index in [9.17, 15) is 71.5 Å². The number of nitrogens with one attached hydrogen (secondary N) is 6. The van der Waals surface area contributed by atoms with Crippen LogP contribution in [0.1, 0.15) is 61.7 Å². The average molecular weight is 1990 g/mol. The zero-order valence-electron chi connectivity index (χ0n) is 69.5. The smallest absolute Gasteiger partial charge is 0.412 e. The molecule has 2 unspecified atom stereocenters. The van der Waals surface area contributed by atoms with Gasteiger partial charge < -0.3 is 49.1 Å². The Kier molecular flexibility index (Phi) is 30.7. The summed E-state index contributed by atoms with van der Waals surface area (Å²) in [5.74, 6) is -1.10. The van der Waals surface area contributed by atoms with Gasteiger partial charge in [-0.2, -0.15) is 4.37 Å². The lowest BCUT2D eigenvalue weighted by Gasteiger charge is -2.37. The predicted octanol–water partition coefficient (Wildman–Crippen LogP) is 15.8. The Labute approximate surface area is 792 Å². The van der Waals surface area contributed by atoms with Crippen LogP contribution in [0, 0.1) is 18.6 Å². The number of carbonyl (C=O) groups excluding carboxylic acids is 5. The molecule has 4 atom stereocenters. The number of aliphatic hydroxyl groups excluding tert-OH is 1. The number of aromatic nitrogens is 6. The molecule has 131 heavy (non-hydrogen) atoms. The quantitative estimate of drug-likeness (QED) is 0.0265. The zero-order chi connectivity index (χ0) is 92.7. The van der Waals surface area contributed by atoms with Crippen LogP contribution in [-0.4, -0.2) is 191 Å². The minimum absolute atomic E-state index is 0. The molecule has 7 N–H and O–H groups in total. The third-order valence-corrected chi connectivity index (χ3v) is 30.5. The number of halogens is 4. The van der Waals surface area contributed by atoms with Gasteiger partial charge in [-0.3, -0.25) is 43.4 Å². The average Bonchev–Trinajstić information content (AvgIpc) is 1.68. The molecule has 9 heterocycles. The number of benzene rings is 8. The normalized spacial score (nSPS) is 15.8. The molecular weight excluding hydrogens is 1890 g/mol. The molecule has 702 valence electrons. The fourth-order valence-electron chi connectivity index (χ4n) is 14.3. The molecule has 45 heteroatoms. The second-order valence-corrected chi connectivity index (χ2v) is 40.7. The number of hydrogen-bond acceptors (Lipinski definition) is 27. The van der Waals surface area contributed by atoms with E-state index in [1.807, 2.05) is 57.8 Å². The summed E-state index contributed by atoms with van der Waals surface area (Å²) < 4.78 is 148. The van der Waals surface area contributed by atoms with Gasteiger partial charge in [-0.1, -0.05) is 53.5 Å². The van der Waals surface area contributed by atoms with Crippen LogP contribution in [0.3, 0.4) is 0 Å². The van der Waals surface area contributed by atoms with E-state index in [0.717, 1.165) is 45.3 Å². The highest BCUT2D eigenvalue weighted by molar-refractivity contribution is 7.93. The number of ether oxygens (including phenoxy) is 1. The zero-order valence-corrected chi connectivity index (χ0v) is 77.6. The fraction of sp³-hybridized carbons (Fsp3) is 0.233. The summed E-state index contributed by atoms with van der Waals surface area (Å²) in [7, 11) is -15.0. The van der Waals surface area contributed by atoms with Crippen molar-refractivity contribution in [2.45, 2.75) is 77.0 Å². The number of aryl methyl sites for hydroxylation is 1. The number of fused-ring (bicyclic) bond motifs is 1. The second-order valence-electron chi connectivity index (χ2n) is 29.7. The van der Waals surface area contributed by atoms with Crippen LogP contribution in [0.15, 0.2) is 255 Å². The molecule has 33 nitrogen and oxygen atoms in total. The number of piperazine rings is 2. The molecule has 8 aromatic carbocycles. The standard InChI is InChI=1S/C24H25FN6O3S2.C21H21ClN4O3S2.C21H21FN4O4S2.C20H17ClN4O5S2.9H2/c1-16(31-10-9-18-3-4-19(25)15-22(18)31)23(32)30-13-11-29(12-14-30)20-5-7-21(8-6-20)36(33,34)28-24-26-17(2)27-35-24;22-18-4-2-1-3-15(18)9-11-23-19-10-13-26(20(19)27)16-5-7-17(8-6-16)31(28,29)25-21-24-12-14-30-21;22-16-3-1-15(2-4-16)19(27)20(28)26-12-10-25(11-13-26)17-5-7-18(8-6-17)32(29,30)24-21-23-9-14-31-21;21-13-1-3-14(4-2-13)23-20(27)30-17-9-11-25(18(17)26)15-5-7-16(8-6-15)32(28,29)24-19-22-10-12-31-19;;;;;;;;;/h3-10,15-16H,11-14H2,1-2H3,(H,26,27,28);1-8,12,14,19,23H,9-11,13H2,(H,24,25);1-9,14,19,27H,10-13H2,(H,23,24);1-8,10,12,17H,9,11H2,(H,22,24)(H,23,27);9*1H/t;19-;;17-;;;;;;;;;/m.0.0........./s1. The van der Waals surface area contributed by atoms with Crippen molar-refractivity contribution in [3.05, 3.63) is 274 Å². The predicted molar refractivity (Wildman–Crippen MR) is 521 cm³/mol. The van der Waals surface area contributed by atoms with Crippen molar-refractivity contribution >= 4 is 198 Å². The van der Waals surface area contributed by atoms with E-state index in [0.29, 0.717) is 134 Å². The van der Waals surface area contributed by atoms with Gasteiger partial charge in [0.2, 0.25) is 16.9 Å². The minimum atomic E-state index is -3.79. The van der Waals surface area contributed by atoms with Gasteiger partial charge in [-0.25, -0.2) is 67.2 Å². The number of nitrogens with zero attached hydrogens (tertiary/aromatic N) is 12. The van der Waals surface area contributed by atoms with E-state index in [1.54, 1.807) is 112 Å². The molecule has 4 saturated heterocycles. The number of rotatable bonds is 26. The van der Waals surface area contributed by atoms with Crippen molar-refractivity contribution < 1.29 is 89.1 Å². The van der Waals surface area contributed by atoms with Crippen LogP contribution in [0.2, 0.25) is 10.0 Å². The summed E-state index contributed by atoms with van der Waals surface area (Å²) in [6.45, 7) is 9.27. The van der Waals surface area contributed by atoms with E-state index in [1.165, 1.54) is 142 Å². The van der Waals surface area contributed by atoms with Gasteiger partial charge in [-0.05, 0) is 214 Å². The molecule has 0 saturated carbocycles. The van der Waals surface area contributed by atoms with Gasteiger partial charge in [0.15, 0.2) is 27.6 Å². The van der Waals surface area contributed by atoms with Gasteiger partial charge >= 0.3 is 6.09 Å². The number of aliphatic hydroxyl groups is 1. The molecule has 5 aromatic heterocycles. The first-order chi connectivity index (χ1) is 62.8. The number of anilines is 9. The van der Waals surface area contributed by atoms with Crippen LogP contribution in [0.4, 0.5) is 62.5 Å². The van der Waals surface area contributed by atoms with Crippen molar-refractivity contribution in [1.82, 2.24) is 44.0 Å². The molecule has 4 aliphatic heterocycles. The van der Waals surface area contributed by atoms with Gasteiger partial charge in [0.05, 0.1) is 31.1 Å². The van der Waals surface area contributed by atoms with Crippen LogP contribution >= 0.6 is 68.7 Å². The summed E-state index contributed by atoms with van der Waals surface area (Å²) >= 11 is 16.6. The molecule has 4 fully saturated rings. The third kappa shape index (κ3) is 24.4. The van der Waals surface area contributed by atoms with E-state index in [-0.39, 0.29) is 72.3 Å². The summed E-state index contributed by atoms with van der Waals surface area (Å²) in [5.41, 5.74) is 5.48. The van der Waals surface area contributed by atoms with E-state index < -0.39 is 76.2 Å². The van der Waals surface area contributed by atoms with E-state index >= 15 is 0 Å². The molecule has 17 rings (SSSR count). The van der Waals surface area contributed by atoms with Gasteiger partial charge in [0, 0.05) is 176 Å². The summed E-state index contributed by atoms with van der Waals surface area (Å²) in [5, 5.41) is 24.5. The minimum Gasteiger partial charge on any atom is -0.436 e. The van der Waals surface area contributed by atoms with Gasteiger partial charge in [0.25, 0.3) is 51.9 Å². The summed E-state index contributed by atoms with van der Waals surface area (Å²) in [6, 6.07) is 50.4. The molecule has 0 aliphatic carbocycles. The number of amides is 5. The number of hydrogen-bond donors (Lipinski definition) is 7. The largest absolute Gasteiger partial charge is 0.436 e. The number of sulfonamides is 4. The molecular formula is C86H102Cl2F2N18O15S8. The third-order valence-electron chi connectivity index (χ3n) is 21.2. The maximum atomic E-state index is 13.8. The van der Waals surface area contributed by atoms with Crippen LogP contribution < -0.4 is 49.1 Å². The highest BCUT2D eigenvalue weighted by atomic mass is 35.5. The Bertz CT molecular complexity index is 6690. The monoisotopic (exact) mass is 1990 g/mol. The highest BCUT2D eigenvalue weighted by Crippen LogP contribution is 2.33. The second kappa shape index (κ2) is 42.4. The van der Waals surface area contributed by atoms with Crippen LogP contribution in [0.5, 0.6) is 0 Å². The molecule has 13 aromatic rings. The first-order valence-corrected chi connectivity index (χ1v) is 50.5. The maximum Gasteiger partial charge on any atom is 0.412 e. The van der Waals surface area contributed by atoms with Crippen molar-refractivity contribution in [3.63, 3.8) is 0 Å². The Balaban J connectivity index is 0.000000323. The lowest BCUT2D eigenvalue weighted by atomic mass is 10.1. The molecule has 0 bridgehead atoms. The van der Waals surface area contributed by atoms with Crippen molar-refractivity contribution in [2.24, 2.45) is 0 Å². The fourth-order valence-corrected chi connectivity index (χ4v) is 21.9. The van der Waals surface area contributed by atoms with Crippen LogP contribution in [0.25, 0.3) is 10.9 Å². The topological polar surface area (TPSA) is 412 Å². The first kappa shape index (κ1) is 95.0. The highest BCUT2D eigenvalue weighted by Gasteiger charge is 2.38. The van der Waals surface area contributed by atoms with Crippen molar-refractivity contribution in [2.75, 3.05) is 116 Å². The maximum absolute atomic E-state index is 13.8. The summed E-state index contributed by atoms with van der Waals surface area (Å²) in [6.07, 6.45) is 5.10. The van der Waals surface area contributed by atoms with Crippen molar-refractivity contribution in [1.29, 1.82) is 0 Å². The summed E-state index contributed by atoms with van der Waals surface area (Å²) in [4.78, 5) is 90.3. The SMILES string of the molecule is Cc1nsc(NS(=O)(=O)c2ccc(N3CCN(C(=O)C(C)n4ccc5ccc(F)cc54)CC3)cc2)n1.O=C(C(O)c1ccc(F)cc1)N1CCN(c2ccc(S(=O)(=O)Nc3nccs3)cc2)CC1.O=C(Nc1ccc(Cl)cc1)O[C@H]1CCN(c2ccc(S(=O)(=O)Nc3nccs3)cc2)C1=O.O=C1[C@@H](NCCc2ccccc2Cl)CCN1c1ccc(S(=O)(=O)Nc2nccs2)cc1.[HH].[HH].[HH].[HH].[HH].[HH].[HH].[HH].[HH]. The Hall–Kier alpha value is -12.1. The Morgan fingerprint density at radius 1 is 0.534 bits per heavy atom. The Morgan fingerprint density at radius 3 is 1.47 bits per heavy atom. The van der Waals surface area contributed by atoms with Crippen LogP contribution in [-0.2, 0) is 70.4 Å². The molecule has 5 amide bonds. The number of thiazole rings is 3. The Morgan fingerprint density at radius 2 is 0.992 bits per heavy atom.